The number of tetrazole rings is 1. The monoisotopic (exact) mass is 403 g/mol. The zero-order valence-corrected chi connectivity index (χ0v) is 17.6. The Kier molecular flexibility index (Phi) is 6.16. The molecule has 0 N–H and O–H groups in total. The summed E-state index contributed by atoms with van der Waals surface area (Å²) >= 11 is 1.45. The van der Waals surface area contributed by atoms with E-state index in [2.05, 4.69) is 27.0 Å². The van der Waals surface area contributed by atoms with Gasteiger partial charge in [0.1, 0.15) is 0 Å². The summed E-state index contributed by atoms with van der Waals surface area (Å²) < 4.78 is 9.92. The molecule has 1 saturated carbocycles. The number of nitrogens with zero attached hydrogens (tertiary/aromatic N) is 5. The molecule has 7 nitrogen and oxygen atoms in total. The number of carbonyl (C=O) groups is 1. The first-order valence-electron chi connectivity index (χ1n) is 10.4. The van der Waals surface area contributed by atoms with E-state index < -0.39 is 0 Å². The van der Waals surface area contributed by atoms with Crippen molar-refractivity contribution >= 4 is 17.5 Å². The Morgan fingerprint density at radius 1 is 1.21 bits per heavy atom. The van der Waals surface area contributed by atoms with Crippen LogP contribution in [-0.4, -0.2) is 49.0 Å². The fraction of sp³-hybridized carbons (Fsp3) is 0.700. The minimum atomic E-state index is 0.134. The van der Waals surface area contributed by atoms with E-state index >= 15 is 0 Å². The molecule has 1 atom stereocenters. The van der Waals surface area contributed by atoms with E-state index in [1.165, 1.54) is 31.0 Å². The van der Waals surface area contributed by atoms with Gasteiger partial charge in [-0.15, -0.1) is 5.10 Å². The van der Waals surface area contributed by atoms with Crippen molar-refractivity contribution in [1.29, 1.82) is 0 Å². The highest BCUT2D eigenvalue weighted by molar-refractivity contribution is 7.99. The standard InChI is InChI=1S/C20H29N5O2S/c1-14-11-18(15(2)24(14)12-17-9-6-10-27-17)19(26)13-28-20-21-22-23-25(20)16-7-4-3-5-8-16/h11,16-17H,3-10,12-13H2,1-2H3. The molecule has 2 aliphatic rings. The van der Waals surface area contributed by atoms with Gasteiger partial charge in [0.25, 0.3) is 0 Å². The minimum absolute atomic E-state index is 0.134. The number of aryl methyl sites for hydroxylation is 1. The minimum Gasteiger partial charge on any atom is -0.376 e. The van der Waals surface area contributed by atoms with Gasteiger partial charge in [-0.25, -0.2) is 4.68 Å². The van der Waals surface area contributed by atoms with Crippen LogP contribution in [0.5, 0.6) is 0 Å². The van der Waals surface area contributed by atoms with Crippen LogP contribution in [0.4, 0.5) is 0 Å². The van der Waals surface area contributed by atoms with Gasteiger partial charge in [-0.05, 0) is 56.0 Å². The predicted octanol–water partition coefficient (Wildman–Crippen LogP) is 3.75. The molecule has 152 valence electrons. The summed E-state index contributed by atoms with van der Waals surface area (Å²) in [6, 6.07) is 2.38. The van der Waals surface area contributed by atoms with Gasteiger partial charge in [-0.1, -0.05) is 31.0 Å². The second kappa shape index (κ2) is 8.78. The first-order valence-corrected chi connectivity index (χ1v) is 11.3. The number of Topliss-reactive ketones (excluding diaryl/α,β-unsaturated/α-hetero) is 1. The molecule has 0 radical (unpaired) electrons. The first-order chi connectivity index (χ1) is 13.6. The molecule has 0 aromatic carbocycles. The van der Waals surface area contributed by atoms with Gasteiger partial charge >= 0.3 is 0 Å². The Bertz CT molecular complexity index is 819. The normalized spacial score (nSPS) is 20.7. The van der Waals surface area contributed by atoms with Gasteiger partial charge in [-0.3, -0.25) is 4.79 Å². The molecule has 0 bridgehead atoms. The average Bonchev–Trinajstić information content (AvgIpc) is 3.44. The molecule has 1 aliphatic carbocycles. The van der Waals surface area contributed by atoms with E-state index in [1.54, 1.807) is 0 Å². The fourth-order valence-corrected chi connectivity index (χ4v) is 5.23. The van der Waals surface area contributed by atoms with E-state index in [4.69, 9.17) is 4.74 Å². The van der Waals surface area contributed by atoms with Crippen LogP contribution in [0.3, 0.4) is 0 Å². The highest BCUT2D eigenvalue weighted by Gasteiger charge is 2.23. The molecule has 0 amide bonds. The van der Waals surface area contributed by atoms with E-state index in [-0.39, 0.29) is 11.9 Å². The summed E-state index contributed by atoms with van der Waals surface area (Å²) in [5.41, 5.74) is 2.96. The Morgan fingerprint density at radius 3 is 2.79 bits per heavy atom. The average molecular weight is 404 g/mol. The molecular weight excluding hydrogens is 374 g/mol. The summed E-state index contributed by atoms with van der Waals surface area (Å²) in [5.74, 6) is 0.493. The molecule has 3 heterocycles. The largest absolute Gasteiger partial charge is 0.376 e. The summed E-state index contributed by atoms with van der Waals surface area (Å²) in [7, 11) is 0. The predicted molar refractivity (Wildman–Crippen MR) is 108 cm³/mol. The molecule has 1 unspecified atom stereocenters. The van der Waals surface area contributed by atoms with Crippen LogP contribution in [0.1, 0.15) is 72.7 Å². The molecule has 2 aromatic heterocycles. The van der Waals surface area contributed by atoms with Gasteiger partial charge in [0, 0.05) is 30.1 Å². The number of aromatic nitrogens is 5. The van der Waals surface area contributed by atoms with Gasteiger partial charge in [0.2, 0.25) is 5.16 Å². The molecule has 4 rings (SSSR count). The van der Waals surface area contributed by atoms with Crippen LogP contribution in [-0.2, 0) is 11.3 Å². The maximum atomic E-state index is 12.9. The molecule has 8 heteroatoms. The van der Waals surface area contributed by atoms with E-state index in [9.17, 15) is 4.79 Å². The fourth-order valence-electron chi connectivity index (χ4n) is 4.40. The number of thioether (sulfide) groups is 1. The quantitative estimate of drug-likeness (QED) is 0.518. The first kappa shape index (κ1) is 19.6. The van der Waals surface area contributed by atoms with Crippen LogP contribution in [0, 0.1) is 13.8 Å². The van der Waals surface area contributed by atoms with Crippen molar-refractivity contribution in [3.8, 4) is 0 Å². The zero-order chi connectivity index (χ0) is 19.5. The van der Waals surface area contributed by atoms with Crippen LogP contribution in [0.15, 0.2) is 11.2 Å². The number of hydrogen-bond donors (Lipinski definition) is 0. The van der Waals surface area contributed by atoms with Gasteiger partial charge in [-0.2, -0.15) is 0 Å². The molecule has 0 spiro atoms. The molecule has 1 aliphatic heterocycles. The van der Waals surface area contributed by atoms with Crippen LogP contribution in [0.25, 0.3) is 0 Å². The maximum Gasteiger partial charge on any atom is 0.210 e. The number of hydrogen-bond acceptors (Lipinski definition) is 6. The number of rotatable bonds is 7. The van der Waals surface area contributed by atoms with E-state index in [0.717, 1.165) is 60.9 Å². The third-order valence-electron chi connectivity index (χ3n) is 6.00. The number of ketones is 1. The Hall–Kier alpha value is -1.67. The summed E-state index contributed by atoms with van der Waals surface area (Å²) in [6.07, 6.45) is 8.48. The van der Waals surface area contributed by atoms with Crippen molar-refractivity contribution in [3.05, 3.63) is 23.0 Å². The van der Waals surface area contributed by atoms with Crippen molar-refractivity contribution < 1.29 is 9.53 Å². The topological polar surface area (TPSA) is 74.8 Å². The maximum absolute atomic E-state index is 12.9. The van der Waals surface area contributed by atoms with E-state index in [1.807, 2.05) is 17.7 Å². The lowest BCUT2D eigenvalue weighted by atomic mass is 9.96. The van der Waals surface area contributed by atoms with Gasteiger partial charge < -0.3 is 9.30 Å². The lowest BCUT2D eigenvalue weighted by molar-refractivity contribution is 0.0957. The summed E-state index contributed by atoms with van der Waals surface area (Å²) in [5, 5.41) is 13.0. The molecule has 28 heavy (non-hydrogen) atoms. The smallest absolute Gasteiger partial charge is 0.210 e. The van der Waals surface area contributed by atoms with E-state index in [0.29, 0.717) is 11.8 Å². The summed E-state index contributed by atoms with van der Waals surface area (Å²) in [4.78, 5) is 12.9. The highest BCUT2D eigenvalue weighted by atomic mass is 32.2. The molecule has 2 fully saturated rings. The van der Waals surface area contributed by atoms with Crippen LogP contribution in [0.2, 0.25) is 0 Å². The second-order valence-electron chi connectivity index (χ2n) is 7.94. The third-order valence-corrected chi connectivity index (χ3v) is 6.93. The Balaban J connectivity index is 1.41. The van der Waals surface area contributed by atoms with Crippen molar-refractivity contribution in [2.45, 2.75) is 82.6 Å². The summed E-state index contributed by atoms with van der Waals surface area (Å²) in [6.45, 7) is 5.78. The van der Waals surface area contributed by atoms with Crippen molar-refractivity contribution in [3.63, 3.8) is 0 Å². The molecule has 1 saturated heterocycles. The van der Waals surface area contributed by atoms with Crippen molar-refractivity contribution in [2.75, 3.05) is 12.4 Å². The van der Waals surface area contributed by atoms with Crippen LogP contribution >= 0.6 is 11.8 Å². The highest BCUT2D eigenvalue weighted by Crippen LogP contribution is 2.30. The molecule has 2 aromatic rings. The Morgan fingerprint density at radius 2 is 2.04 bits per heavy atom. The molecular formula is C20H29N5O2S. The lowest BCUT2D eigenvalue weighted by Crippen LogP contribution is -2.17. The number of ether oxygens (including phenoxy) is 1. The van der Waals surface area contributed by atoms with Crippen LogP contribution < -0.4 is 0 Å². The second-order valence-corrected chi connectivity index (χ2v) is 8.88. The van der Waals surface area contributed by atoms with Crippen molar-refractivity contribution in [1.82, 2.24) is 24.8 Å². The number of carbonyl (C=O) groups excluding carboxylic acids is 1. The van der Waals surface area contributed by atoms with Gasteiger partial charge in [0.15, 0.2) is 5.78 Å². The third kappa shape index (κ3) is 4.17. The SMILES string of the molecule is Cc1cc(C(=O)CSc2nnnn2C2CCCCC2)c(C)n1CC1CCCO1. The zero-order valence-electron chi connectivity index (χ0n) is 16.8. The van der Waals surface area contributed by atoms with Crippen molar-refractivity contribution in [2.24, 2.45) is 0 Å². The Labute approximate surface area is 170 Å². The van der Waals surface area contributed by atoms with Gasteiger partial charge in [0.05, 0.1) is 17.9 Å². The lowest BCUT2D eigenvalue weighted by Gasteiger charge is -2.21.